The van der Waals surface area contributed by atoms with Crippen LogP contribution in [0.2, 0.25) is 0 Å². The summed E-state index contributed by atoms with van der Waals surface area (Å²) < 4.78 is 10.1. The molecule has 0 radical (unpaired) electrons. The molecule has 1 N–H and O–H groups in total. The third-order valence-electron chi connectivity index (χ3n) is 1.92. The lowest BCUT2D eigenvalue weighted by Crippen LogP contribution is -2.44. The number of hydrogen-bond acceptors (Lipinski definition) is 3. The number of methoxy groups -OCH3 is 2. The van der Waals surface area contributed by atoms with Crippen LogP contribution in [0, 0.1) is 5.92 Å². The van der Waals surface area contributed by atoms with Crippen LogP contribution in [0.5, 0.6) is 0 Å². The quantitative estimate of drug-likeness (QED) is 0.574. The highest BCUT2D eigenvalue weighted by Crippen LogP contribution is 2.12. The third kappa shape index (κ3) is 1.94. The molecule has 60 valence electrons. The van der Waals surface area contributed by atoms with Crippen LogP contribution in [0.25, 0.3) is 0 Å². The molecule has 3 nitrogen and oxygen atoms in total. The van der Waals surface area contributed by atoms with Gasteiger partial charge in [0.05, 0.1) is 0 Å². The molecule has 10 heavy (non-hydrogen) atoms. The average molecular weight is 145 g/mol. The maximum absolute atomic E-state index is 5.06. The minimum Gasteiger partial charge on any atom is -0.356 e. The molecular weight excluding hydrogens is 130 g/mol. The third-order valence-corrected chi connectivity index (χ3v) is 1.92. The minimum absolute atomic E-state index is 0.00731. The molecule has 0 aromatic carbocycles. The fourth-order valence-electron chi connectivity index (χ4n) is 1.08. The van der Waals surface area contributed by atoms with Gasteiger partial charge in [0.2, 0.25) is 0 Å². The van der Waals surface area contributed by atoms with Gasteiger partial charge in [0, 0.05) is 20.6 Å². The van der Waals surface area contributed by atoms with E-state index in [-0.39, 0.29) is 6.29 Å². The van der Waals surface area contributed by atoms with Gasteiger partial charge in [0.1, 0.15) is 0 Å². The van der Waals surface area contributed by atoms with Crippen LogP contribution in [0.4, 0.5) is 0 Å². The standard InChI is InChI=1S/C7H15NO2/c1-9-7(10-2)3-6-4-8-5-6/h6-8H,3-5H2,1-2H3. The van der Waals surface area contributed by atoms with E-state index in [0.29, 0.717) is 0 Å². The van der Waals surface area contributed by atoms with Gasteiger partial charge < -0.3 is 14.8 Å². The SMILES string of the molecule is COC(CC1CNC1)OC. The Kier molecular flexibility index (Phi) is 3.12. The van der Waals surface area contributed by atoms with Gasteiger partial charge in [0.15, 0.2) is 6.29 Å². The van der Waals surface area contributed by atoms with E-state index in [1.165, 1.54) is 0 Å². The van der Waals surface area contributed by atoms with Crippen LogP contribution in [0.1, 0.15) is 6.42 Å². The minimum atomic E-state index is -0.00731. The number of ether oxygens (including phenoxy) is 2. The highest BCUT2D eigenvalue weighted by Gasteiger charge is 2.20. The van der Waals surface area contributed by atoms with Crippen LogP contribution in [0.15, 0.2) is 0 Å². The molecule has 0 atom stereocenters. The molecule has 1 aliphatic rings. The van der Waals surface area contributed by atoms with Gasteiger partial charge in [-0.05, 0) is 19.0 Å². The van der Waals surface area contributed by atoms with Gasteiger partial charge in [-0.25, -0.2) is 0 Å². The van der Waals surface area contributed by atoms with Gasteiger partial charge in [-0.3, -0.25) is 0 Å². The van der Waals surface area contributed by atoms with Crippen molar-refractivity contribution in [3.63, 3.8) is 0 Å². The Hall–Kier alpha value is -0.120. The van der Waals surface area contributed by atoms with E-state index in [0.717, 1.165) is 25.4 Å². The number of nitrogens with one attached hydrogen (secondary N) is 1. The van der Waals surface area contributed by atoms with Crippen LogP contribution in [-0.4, -0.2) is 33.6 Å². The Bertz CT molecular complexity index is 89.6. The van der Waals surface area contributed by atoms with Crippen molar-refractivity contribution in [2.75, 3.05) is 27.3 Å². The van der Waals surface area contributed by atoms with Crippen LogP contribution in [-0.2, 0) is 9.47 Å². The van der Waals surface area contributed by atoms with Crippen LogP contribution >= 0.6 is 0 Å². The Balaban J connectivity index is 2.08. The molecule has 0 amide bonds. The van der Waals surface area contributed by atoms with Gasteiger partial charge in [-0.1, -0.05) is 0 Å². The molecule has 0 aromatic rings. The zero-order valence-electron chi connectivity index (χ0n) is 6.59. The molecule has 0 aliphatic carbocycles. The number of rotatable bonds is 4. The van der Waals surface area contributed by atoms with Crippen molar-refractivity contribution in [1.82, 2.24) is 5.32 Å². The zero-order valence-corrected chi connectivity index (χ0v) is 6.59. The van der Waals surface area contributed by atoms with E-state index in [1.54, 1.807) is 14.2 Å². The zero-order chi connectivity index (χ0) is 7.40. The molecule has 0 unspecified atom stereocenters. The highest BCUT2D eigenvalue weighted by molar-refractivity contribution is 4.75. The van der Waals surface area contributed by atoms with E-state index in [2.05, 4.69) is 5.32 Å². The van der Waals surface area contributed by atoms with Crippen molar-refractivity contribution < 1.29 is 9.47 Å². The van der Waals surface area contributed by atoms with E-state index in [4.69, 9.17) is 9.47 Å². The summed E-state index contributed by atoms with van der Waals surface area (Å²) in [7, 11) is 3.36. The largest absolute Gasteiger partial charge is 0.356 e. The maximum Gasteiger partial charge on any atom is 0.157 e. The maximum atomic E-state index is 5.06. The van der Waals surface area contributed by atoms with E-state index in [1.807, 2.05) is 0 Å². The van der Waals surface area contributed by atoms with E-state index < -0.39 is 0 Å². The summed E-state index contributed by atoms with van der Waals surface area (Å²) in [5, 5.41) is 3.20. The fourth-order valence-corrected chi connectivity index (χ4v) is 1.08. The summed E-state index contributed by atoms with van der Waals surface area (Å²) in [6.07, 6.45) is 1.01. The summed E-state index contributed by atoms with van der Waals surface area (Å²) in [5.41, 5.74) is 0. The molecule has 3 heteroatoms. The predicted molar refractivity (Wildman–Crippen MR) is 38.8 cm³/mol. The second-order valence-corrected chi connectivity index (χ2v) is 2.66. The summed E-state index contributed by atoms with van der Waals surface area (Å²) in [6.45, 7) is 2.23. The molecule has 1 fully saturated rings. The molecule has 1 heterocycles. The monoisotopic (exact) mass is 145 g/mol. The second-order valence-electron chi connectivity index (χ2n) is 2.66. The summed E-state index contributed by atoms with van der Waals surface area (Å²) >= 11 is 0. The van der Waals surface area contributed by atoms with Crippen molar-refractivity contribution in [3.05, 3.63) is 0 Å². The predicted octanol–water partition coefficient (Wildman–Crippen LogP) is 0.215. The van der Waals surface area contributed by atoms with Crippen molar-refractivity contribution in [2.24, 2.45) is 5.92 Å². The van der Waals surface area contributed by atoms with Crippen molar-refractivity contribution in [2.45, 2.75) is 12.7 Å². The van der Waals surface area contributed by atoms with E-state index >= 15 is 0 Å². The molecule has 0 spiro atoms. The second kappa shape index (κ2) is 3.91. The lowest BCUT2D eigenvalue weighted by Gasteiger charge is -2.29. The number of hydrogen-bond donors (Lipinski definition) is 1. The van der Waals surface area contributed by atoms with Crippen LogP contribution in [0.3, 0.4) is 0 Å². The Labute approximate surface area is 61.7 Å². The lowest BCUT2D eigenvalue weighted by molar-refractivity contribution is -0.116. The Morgan fingerprint density at radius 2 is 2.00 bits per heavy atom. The molecule has 1 rings (SSSR count). The average Bonchev–Trinajstić information content (AvgIpc) is 1.87. The summed E-state index contributed by atoms with van der Waals surface area (Å²) in [4.78, 5) is 0. The van der Waals surface area contributed by atoms with Gasteiger partial charge >= 0.3 is 0 Å². The summed E-state index contributed by atoms with van der Waals surface area (Å²) in [6, 6.07) is 0. The van der Waals surface area contributed by atoms with Crippen molar-refractivity contribution >= 4 is 0 Å². The van der Waals surface area contributed by atoms with Crippen LogP contribution < -0.4 is 5.32 Å². The highest BCUT2D eigenvalue weighted by atomic mass is 16.7. The topological polar surface area (TPSA) is 30.5 Å². The molecule has 0 bridgehead atoms. The van der Waals surface area contributed by atoms with Crippen molar-refractivity contribution in [3.8, 4) is 0 Å². The molecule has 0 saturated carbocycles. The fraction of sp³-hybridized carbons (Fsp3) is 1.00. The van der Waals surface area contributed by atoms with Gasteiger partial charge in [0.25, 0.3) is 0 Å². The lowest BCUT2D eigenvalue weighted by atomic mass is 9.99. The molecule has 1 aliphatic heterocycles. The smallest absolute Gasteiger partial charge is 0.157 e. The van der Waals surface area contributed by atoms with Crippen molar-refractivity contribution in [1.29, 1.82) is 0 Å². The normalized spacial score (nSPS) is 19.5. The first-order valence-electron chi connectivity index (χ1n) is 3.63. The molecule has 1 saturated heterocycles. The van der Waals surface area contributed by atoms with E-state index in [9.17, 15) is 0 Å². The Morgan fingerprint density at radius 3 is 2.30 bits per heavy atom. The Morgan fingerprint density at radius 1 is 1.40 bits per heavy atom. The molecular formula is C7H15NO2. The first-order valence-corrected chi connectivity index (χ1v) is 3.63. The first-order chi connectivity index (χ1) is 4.86. The molecule has 0 aromatic heterocycles. The van der Waals surface area contributed by atoms with Gasteiger partial charge in [-0.15, -0.1) is 0 Å². The van der Waals surface area contributed by atoms with Gasteiger partial charge in [-0.2, -0.15) is 0 Å². The summed E-state index contributed by atoms with van der Waals surface area (Å²) in [5.74, 6) is 0.755. The first kappa shape index (κ1) is 7.98.